The predicted octanol–water partition coefficient (Wildman–Crippen LogP) is 17.1. The number of nitrogens with zero attached hydrogens (tertiary/aromatic N) is 2. The number of aryl methyl sites for hydroxylation is 3. The molecular weight excluding hydrogens is 865 g/mol. The van der Waals surface area contributed by atoms with Gasteiger partial charge in [0.25, 0.3) is 5.65 Å². The van der Waals surface area contributed by atoms with E-state index in [-0.39, 0.29) is 23.0 Å². The molecule has 0 saturated heterocycles. The van der Waals surface area contributed by atoms with E-state index in [1.807, 2.05) is 13.2 Å². The minimum Gasteiger partial charge on any atom is -0.498 e. The summed E-state index contributed by atoms with van der Waals surface area (Å²) in [6.45, 7) is 20.6. The maximum absolute atomic E-state index is 7.03. The van der Waals surface area contributed by atoms with Gasteiger partial charge in [-0.25, -0.2) is 4.57 Å². The second-order valence-electron chi connectivity index (χ2n) is 21.0. The standard InChI is InChI=1S/C67H69N2O2/c1-10-47-26-28-48(29-27-47)30-35-56(43-63(70-9)66(6,7)8)71-37-36-62-67(11-2,12-3)59-25-19-24-57-58(44-68-60-38-45(4)46(5)39-61(60)69(62)65(68)64(57)59)52-33-31-51(32-34-52)55-41-53(49-20-15-13-16-21-49)40-54(42-55)50-22-17-14-18-23-50/h10,13-29,31-34,38-44,62-63H,1,11-12,30,35-37H2,2-9H3/q+1. The second kappa shape index (κ2) is 19.6. The van der Waals surface area contributed by atoms with Crippen molar-refractivity contribution in [2.24, 2.45) is 5.41 Å². The third-order valence-electron chi connectivity index (χ3n) is 15.8. The van der Waals surface area contributed by atoms with Crippen LogP contribution in [0.15, 0.2) is 182 Å². The van der Waals surface area contributed by atoms with Crippen LogP contribution in [0.3, 0.4) is 0 Å². The molecule has 2 atom stereocenters. The predicted molar refractivity (Wildman–Crippen MR) is 299 cm³/mol. The summed E-state index contributed by atoms with van der Waals surface area (Å²) in [7, 11) is 1.81. The second-order valence-corrected chi connectivity index (χ2v) is 21.0. The van der Waals surface area contributed by atoms with Crippen molar-refractivity contribution >= 4 is 33.5 Å². The summed E-state index contributed by atoms with van der Waals surface area (Å²) in [6.07, 6.45) is 11.0. The van der Waals surface area contributed by atoms with Crippen molar-refractivity contribution in [2.75, 3.05) is 13.7 Å². The number of aromatic nitrogens is 2. The van der Waals surface area contributed by atoms with Crippen LogP contribution in [-0.2, 0) is 21.3 Å². The summed E-state index contributed by atoms with van der Waals surface area (Å²) in [5.41, 5.74) is 19.8. The molecule has 7 aromatic carbocycles. The molecule has 0 saturated carbocycles. The van der Waals surface area contributed by atoms with Gasteiger partial charge in [-0.3, -0.25) is 0 Å². The minimum atomic E-state index is -0.131. The number of fused-ring (bicyclic) bond motifs is 3. The number of pyridine rings is 1. The van der Waals surface area contributed by atoms with Crippen molar-refractivity contribution in [3.63, 3.8) is 0 Å². The molecule has 10 rings (SSSR count). The van der Waals surface area contributed by atoms with Gasteiger partial charge in [-0.05, 0) is 142 Å². The van der Waals surface area contributed by atoms with Crippen LogP contribution >= 0.6 is 0 Å². The van der Waals surface area contributed by atoms with Gasteiger partial charge in [0.1, 0.15) is 12.2 Å². The number of allylic oxidation sites excluding steroid dienone is 1. The van der Waals surface area contributed by atoms with E-state index in [9.17, 15) is 0 Å². The Bertz CT molecular complexity index is 3350. The van der Waals surface area contributed by atoms with E-state index in [4.69, 9.17) is 9.47 Å². The number of rotatable bonds is 16. The maximum atomic E-state index is 7.03. The van der Waals surface area contributed by atoms with Crippen LogP contribution in [0.4, 0.5) is 0 Å². The number of hydrogen-bond donors (Lipinski definition) is 0. The monoisotopic (exact) mass is 934 g/mol. The first kappa shape index (κ1) is 47.7. The number of imidazole rings is 1. The minimum absolute atomic E-state index is 0.0782. The van der Waals surface area contributed by atoms with Crippen LogP contribution in [-0.4, -0.2) is 24.2 Å². The third kappa shape index (κ3) is 8.93. The lowest BCUT2D eigenvalue weighted by Crippen LogP contribution is -2.54. The molecule has 358 valence electrons. The zero-order valence-electron chi connectivity index (χ0n) is 43.1. The van der Waals surface area contributed by atoms with Crippen molar-refractivity contribution in [1.82, 2.24) is 4.40 Å². The molecule has 1 aliphatic rings. The van der Waals surface area contributed by atoms with E-state index in [0.29, 0.717) is 6.61 Å². The van der Waals surface area contributed by atoms with E-state index < -0.39 is 0 Å². The van der Waals surface area contributed by atoms with Crippen LogP contribution < -0.4 is 4.57 Å². The first-order valence-corrected chi connectivity index (χ1v) is 25.8. The highest BCUT2D eigenvalue weighted by atomic mass is 16.5. The lowest BCUT2D eigenvalue weighted by Gasteiger charge is -2.41. The van der Waals surface area contributed by atoms with Crippen molar-refractivity contribution in [1.29, 1.82) is 0 Å². The zero-order valence-corrected chi connectivity index (χ0v) is 43.1. The van der Waals surface area contributed by atoms with Gasteiger partial charge in [0.05, 0.1) is 23.9 Å². The van der Waals surface area contributed by atoms with Crippen LogP contribution in [0.2, 0.25) is 0 Å². The normalized spacial score (nSPS) is 14.9. The molecule has 0 aliphatic carbocycles. The smallest absolute Gasteiger partial charge is 0.295 e. The average molecular weight is 934 g/mol. The van der Waals surface area contributed by atoms with E-state index in [0.717, 1.165) is 43.4 Å². The fourth-order valence-electron chi connectivity index (χ4n) is 11.7. The molecule has 0 bridgehead atoms. The van der Waals surface area contributed by atoms with Gasteiger partial charge in [0.2, 0.25) is 0 Å². The molecule has 0 N–H and O–H groups in total. The zero-order chi connectivity index (χ0) is 49.4. The van der Waals surface area contributed by atoms with Gasteiger partial charge in [0, 0.05) is 36.3 Å². The quantitative estimate of drug-likeness (QED) is 0.0713. The topological polar surface area (TPSA) is 26.8 Å². The van der Waals surface area contributed by atoms with E-state index in [1.165, 1.54) is 94.2 Å². The van der Waals surface area contributed by atoms with Gasteiger partial charge >= 0.3 is 0 Å². The molecule has 71 heavy (non-hydrogen) atoms. The highest BCUT2D eigenvalue weighted by Gasteiger charge is 2.49. The summed E-state index contributed by atoms with van der Waals surface area (Å²) in [6, 6.07) is 58.6. The lowest BCUT2D eigenvalue weighted by molar-refractivity contribution is -0.687. The Kier molecular flexibility index (Phi) is 13.2. The Morgan fingerprint density at radius 1 is 0.704 bits per heavy atom. The van der Waals surface area contributed by atoms with Gasteiger partial charge in [-0.2, -0.15) is 4.40 Å². The third-order valence-corrected chi connectivity index (χ3v) is 15.8. The number of hydrogen-bond acceptors (Lipinski definition) is 2. The summed E-state index contributed by atoms with van der Waals surface area (Å²) in [5.74, 6) is 0.996. The Hall–Kier alpha value is -7.01. The van der Waals surface area contributed by atoms with Gasteiger partial charge < -0.3 is 9.47 Å². The number of benzene rings is 7. The number of methoxy groups -OCH3 is 1. The van der Waals surface area contributed by atoms with Crippen molar-refractivity contribution in [3.8, 4) is 44.5 Å². The highest BCUT2D eigenvalue weighted by Crippen LogP contribution is 2.51. The molecule has 2 aromatic heterocycles. The van der Waals surface area contributed by atoms with E-state index in [1.54, 1.807) is 0 Å². The highest BCUT2D eigenvalue weighted by molar-refractivity contribution is 6.07. The summed E-state index contributed by atoms with van der Waals surface area (Å²) in [5, 5.41) is 2.66. The SMILES string of the molecule is C=Cc1ccc(CCC(=CC(OC)C(C)(C)C)OCCC2[n+]3c4cc(C)c(C)cc4n4cc(-c5ccc(-c6cc(-c7ccccc7)cc(-c7ccccc7)c6)cc5)c5cccc(c5c43)C2(CC)CC)cc1. The summed E-state index contributed by atoms with van der Waals surface area (Å²) >= 11 is 0. The molecular formula is C67H69N2O2+. The Balaban J connectivity index is 1.07. The molecule has 3 heterocycles. The fourth-order valence-corrected chi connectivity index (χ4v) is 11.7. The fraction of sp³-hybridized carbons (Fsp3) is 0.269. The van der Waals surface area contributed by atoms with Crippen LogP contribution in [0.5, 0.6) is 0 Å². The van der Waals surface area contributed by atoms with Crippen molar-refractivity contribution in [3.05, 3.63) is 210 Å². The van der Waals surface area contributed by atoms with Crippen LogP contribution in [0.1, 0.15) is 94.2 Å². The molecule has 4 nitrogen and oxygen atoms in total. The molecule has 4 heteroatoms. The molecule has 9 aromatic rings. The Morgan fingerprint density at radius 2 is 1.30 bits per heavy atom. The largest absolute Gasteiger partial charge is 0.498 e. The maximum Gasteiger partial charge on any atom is 0.295 e. The van der Waals surface area contributed by atoms with Crippen molar-refractivity contribution < 1.29 is 14.0 Å². The first-order chi connectivity index (χ1) is 34.4. The van der Waals surface area contributed by atoms with Gasteiger partial charge in [0.15, 0.2) is 11.0 Å². The van der Waals surface area contributed by atoms with Gasteiger partial charge in [-0.1, -0.05) is 175 Å². The van der Waals surface area contributed by atoms with Gasteiger partial charge in [-0.15, -0.1) is 0 Å². The molecule has 0 spiro atoms. The Labute approximate surface area is 421 Å². The average Bonchev–Trinajstić information content (AvgIpc) is 3.71. The van der Waals surface area contributed by atoms with E-state index >= 15 is 0 Å². The lowest BCUT2D eigenvalue weighted by atomic mass is 9.66. The Morgan fingerprint density at radius 3 is 1.87 bits per heavy atom. The van der Waals surface area contributed by atoms with Crippen LogP contribution in [0.25, 0.3) is 78.0 Å². The molecule has 2 unspecified atom stereocenters. The molecule has 0 amide bonds. The first-order valence-electron chi connectivity index (χ1n) is 25.8. The molecule has 0 radical (unpaired) electrons. The van der Waals surface area contributed by atoms with Crippen LogP contribution in [0, 0.1) is 19.3 Å². The molecule has 0 fully saturated rings. The van der Waals surface area contributed by atoms with Crippen molar-refractivity contribution in [2.45, 2.75) is 98.1 Å². The molecule has 1 aliphatic heterocycles. The summed E-state index contributed by atoms with van der Waals surface area (Å²) < 4.78 is 18.4. The number of ether oxygens (including phenoxy) is 2. The summed E-state index contributed by atoms with van der Waals surface area (Å²) in [4.78, 5) is 0. The van der Waals surface area contributed by atoms with E-state index in [2.05, 4.69) is 234 Å².